The third-order valence-corrected chi connectivity index (χ3v) is 5.68. The molecule has 1 aromatic carbocycles. The van der Waals surface area contributed by atoms with Crippen LogP contribution in [-0.2, 0) is 19.1 Å². The summed E-state index contributed by atoms with van der Waals surface area (Å²) < 4.78 is 5.70. The molecule has 4 atom stereocenters. The second-order valence-corrected chi connectivity index (χ2v) is 8.03. The van der Waals surface area contributed by atoms with E-state index in [0.29, 0.717) is 24.8 Å². The first-order valence-corrected chi connectivity index (χ1v) is 10.0. The zero-order valence-corrected chi connectivity index (χ0v) is 16.8. The van der Waals surface area contributed by atoms with Crippen molar-refractivity contribution in [3.63, 3.8) is 0 Å². The largest absolute Gasteiger partial charge is 0.458 e. The van der Waals surface area contributed by atoms with Gasteiger partial charge in [-0.25, -0.2) is 4.79 Å². The van der Waals surface area contributed by atoms with Crippen LogP contribution in [0.4, 0.5) is 0 Å². The van der Waals surface area contributed by atoms with Crippen LogP contribution in [0.3, 0.4) is 0 Å². The molecule has 2 aliphatic rings. The van der Waals surface area contributed by atoms with Gasteiger partial charge in [0.1, 0.15) is 6.10 Å². The lowest BCUT2D eigenvalue weighted by atomic mass is 9.90. The summed E-state index contributed by atoms with van der Waals surface area (Å²) in [6.07, 6.45) is 6.30. The number of benzene rings is 1. The summed E-state index contributed by atoms with van der Waals surface area (Å²) in [6.45, 7) is 3.97. The predicted octanol–water partition coefficient (Wildman–Crippen LogP) is 3.88. The van der Waals surface area contributed by atoms with Gasteiger partial charge in [0.15, 0.2) is 11.6 Å². The highest BCUT2D eigenvalue weighted by molar-refractivity contribution is 6.40. The molecule has 0 heterocycles. The van der Waals surface area contributed by atoms with E-state index in [1.54, 1.807) is 30.3 Å². The third-order valence-electron chi connectivity index (χ3n) is 5.68. The maximum atomic E-state index is 12.5. The van der Waals surface area contributed by atoms with Crippen molar-refractivity contribution in [1.82, 2.24) is 0 Å². The minimum Gasteiger partial charge on any atom is -0.458 e. The summed E-state index contributed by atoms with van der Waals surface area (Å²) in [4.78, 5) is 48.7. The van der Waals surface area contributed by atoms with E-state index >= 15 is 0 Å². The molecule has 2 saturated carbocycles. The first-order valence-electron chi connectivity index (χ1n) is 10.0. The Labute approximate surface area is 170 Å². The molecule has 152 valence electrons. The van der Waals surface area contributed by atoms with E-state index < -0.39 is 18.0 Å². The Morgan fingerprint density at radius 2 is 1.86 bits per heavy atom. The van der Waals surface area contributed by atoms with Crippen LogP contribution in [0.2, 0.25) is 0 Å². The smallest absolute Gasteiger partial charge is 0.338 e. The standard InChI is InChI=1S/C24H26O5/c1-15(2)7-6-10-17(25)11-12-18-19-13-21(26)23(27)20(19)14-22(18)29-24(28)16-8-4-3-5-9-16/h3-5,7-9,11-12,18-20,22H,6,10,13-14H2,1-2H3/t18-,19-,20+,22-/m1/s1. The number of Topliss-reactive ketones (excluding diaryl/α,β-unsaturated/α-hetero) is 2. The lowest BCUT2D eigenvalue weighted by Crippen LogP contribution is -2.25. The number of ketones is 3. The highest BCUT2D eigenvalue weighted by Gasteiger charge is 2.53. The molecule has 0 N–H and O–H groups in total. The first kappa shape index (κ1) is 20.9. The second-order valence-electron chi connectivity index (χ2n) is 8.03. The topological polar surface area (TPSA) is 77.5 Å². The van der Waals surface area contributed by atoms with Crippen LogP contribution in [0, 0.1) is 17.8 Å². The molecule has 2 aliphatic carbocycles. The van der Waals surface area contributed by atoms with Gasteiger partial charge in [-0.2, -0.15) is 0 Å². The van der Waals surface area contributed by atoms with E-state index in [0.717, 1.165) is 5.57 Å². The number of hydrogen-bond donors (Lipinski definition) is 0. The Bertz CT molecular complexity index is 861. The van der Waals surface area contributed by atoms with Gasteiger partial charge in [0.05, 0.1) is 5.56 Å². The molecule has 0 aromatic heterocycles. The Kier molecular flexibility index (Phi) is 6.57. The van der Waals surface area contributed by atoms with Gasteiger partial charge in [0.25, 0.3) is 0 Å². The Balaban J connectivity index is 1.72. The second kappa shape index (κ2) is 9.12. The molecule has 0 saturated heterocycles. The average molecular weight is 394 g/mol. The molecule has 1 aromatic rings. The van der Waals surface area contributed by atoms with Crippen LogP contribution < -0.4 is 0 Å². The summed E-state index contributed by atoms with van der Waals surface area (Å²) in [5.74, 6) is -2.15. The van der Waals surface area contributed by atoms with Crippen LogP contribution in [0.1, 0.15) is 49.9 Å². The molecule has 5 heteroatoms. The van der Waals surface area contributed by atoms with Crippen molar-refractivity contribution in [2.45, 2.75) is 45.6 Å². The van der Waals surface area contributed by atoms with E-state index in [1.165, 1.54) is 6.08 Å². The van der Waals surface area contributed by atoms with Gasteiger partial charge in [0, 0.05) is 24.7 Å². The summed E-state index contributed by atoms with van der Waals surface area (Å²) in [5, 5.41) is 0. The normalized spacial score (nSPS) is 25.9. The number of fused-ring (bicyclic) bond motifs is 1. The predicted molar refractivity (Wildman–Crippen MR) is 108 cm³/mol. The van der Waals surface area contributed by atoms with Crippen molar-refractivity contribution in [2.24, 2.45) is 17.8 Å². The van der Waals surface area contributed by atoms with Crippen molar-refractivity contribution < 1.29 is 23.9 Å². The third kappa shape index (κ3) is 4.97. The van der Waals surface area contributed by atoms with Crippen LogP contribution in [-0.4, -0.2) is 29.4 Å². The maximum Gasteiger partial charge on any atom is 0.338 e. The van der Waals surface area contributed by atoms with Crippen molar-refractivity contribution >= 4 is 23.3 Å². The van der Waals surface area contributed by atoms with E-state index in [1.807, 2.05) is 26.0 Å². The quantitative estimate of drug-likeness (QED) is 0.304. The summed E-state index contributed by atoms with van der Waals surface area (Å²) >= 11 is 0. The maximum absolute atomic E-state index is 12.5. The van der Waals surface area contributed by atoms with Crippen LogP contribution in [0.15, 0.2) is 54.1 Å². The Hall–Kier alpha value is -2.82. The fourth-order valence-corrected chi connectivity index (χ4v) is 4.21. The van der Waals surface area contributed by atoms with Gasteiger partial charge in [-0.15, -0.1) is 0 Å². The molecular weight excluding hydrogens is 368 g/mol. The van der Waals surface area contributed by atoms with Gasteiger partial charge in [0.2, 0.25) is 5.78 Å². The number of carbonyl (C=O) groups excluding carboxylic acids is 4. The fraction of sp³-hybridized carbons (Fsp3) is 0.417. The van der Waals surface area contributed by atoms with E-state index in [-0.39, 0.29) is 35.6 Å². The van der Waals surface area contributed by atoms with E-state index in [2.05, 4.69) is 0 Å². The molecule has 0 bridgehead atoms. The molecule has 3 rings (SSSR count). The summed E-state index contributed by atoms with van der Waals surface area (Å²) in [7, 11) is 0. The van der Waals surface area contributed by atoms with Crippen molar-refractivity contribution in [1.29, 1.82) is 0 Å². The summed E-state index contributed by atoms with van der Waals surface area (Å²) in [6, 6.07) is 8.66. The monoisotopic (exact) mass is 394 g/mol. The van der Waals surface area contributed by atoms with Gasteiger partial charge in [-0.1, -0.05) is 35.9 Å². The first-order chi connectivity index (χ1) is 13.9. The van der Waals surface area contributed by atoms with E-state index in [4.69, 9.17) is 4.74 Å². The number of hydrogen-bond acceptors (Lipinski definition) is 5. The van der Waals surface area contributed by atoms with E-state index in [9.17, 15) is 19.2 Å². The highest BCUT2D eigenvalue weighted by atomic mass is 16.5. The highest BCUT2D eigenvalue weighted by Crippen LogP contribution is 2.46. The average Bonchev–Trinajstić information content (AvgIpc) is 3.16. The number of allylic oxidation sites excluding steroid dienone is 3. The molecule has 0 radical (unpaired) electrons. The minimum atomic E-state index is -0.517. The minimum absolute atomic E-state index is 0.0188. The fourth-order valence-electron chi connectivity index (χ4n) is 4.21. The number of carbonyl (C=O) groups is 4. The van der Waals surface area contributed by atoms with Crippen molar-refractivity contribution in [3.8, 4) is 0 Å². The molecule has 0 spiro atoms. The van der Waals surface area contributed by atoms with Gasteiger partial charge >= 0.3 is 5.97 Å². The molecule has 0 aliphatic heterocycles. The molecule has 2 fully saturated rings. The van der Waals surface area contributed by atoms with Gasteiger partial charge in [-0.05, 0) is 50.8 Å². The Morgan fingerprint density at radius 3 is 2.55 bits per heavy atom. The van der Waals surface area contributed by atoms with Crippen molar-refractivity contribution in [2.75, 3.05) is 0 Å². The van der Waals surface area contributed by atoms with Crippen LogP contribution >= 0.6 is 0 Å². The molecule has 0 amide bonds. The molecule has 29 heavy (non-hydrogen) atoms. The zero-order chi connectivity index (χ0) is 21.0. The zero-order valence-electron chi connectivity index (χ0n) is 16.8. The molecule has 5 nitrogen and oxygen atoms in total. The summed E-state index contributed by atoms with van der Waals surface area (Å²) in [5.41, 5.74) is 1.60. The van der Waals surface area contributed by atoms with Crippen LogP contribution in [0.5, 0.6) is 0 Å². The van der Waals surface area contributed by atoms with Gasteiger partial charge < -0.3 is 4.74 Å². The number of esters is 1. The number of rotatable bonds is 7. The number of ether oxygens (including phenoxy) is 1. The molecule has 0 unspecified atom stereocenters. The van der Waals surface area contributed by atoms with Crippen LogP contribution in [0.25, 0.3) is 0 Å². The lowest BCUT2D eigenvalue weighted by Gasteiger charge is -2.20. The van der Waals surface area contributed by atoms with Crippen molar-refractivity contribution in [3.05, 3.63) is 59.7 Å². The molecular formula is C24H26O5. The Morgan fingerprint density at radius 1 is 1.14 bits per heavy atom. The SMILES string of the molecule is CC(C)=CCCC(=O)C=C[C@@H]1[C@H]2CC(=O)C(=O)[C@H]2C[C@H]1OC(=O)c1ccccc1. The van der Waals surface area contributed by atoms with Gasteiger partial charge in [-0.3, -0.25) is 14.4 Å². The lowest BCUT2D eigenvalue weighted by molar-refractivity contribution is -0.136.